The molecule has 1 aliphatic heterocycles. The standard InChI is InChI=1S/C18H19NO3S/c20-14(12-3-4-15-13(10-12)5-8-22-15)11-19-17(21)18(6-7-18)16-2-1-9-23-16/h1-4,9-10,14,20H,5-8,11H2,(H,19,21). The number of benzene rings is 1. The lowest BCUT2D eigenvalue weighted by Crippen LogP contribution is -2.36. The van der Waals surface area contributed by atoms with Crippen LogP contribution in [0.4, 0.5) is 0 Å². The first-order valence-electron chi connectivity index (χ1n) is 7.95. The van der Waals surface area contributed by atoms with Gasteiger partial charge in [0.2, 0.25) is 5.91 Å². The minimum Gasteiger partial charge on any atom is -0.493 e. The van der Waals surface area contributed by atoms with E-state index < -0.39 is 6.10 Å². The van der Waals surface area contributed by atoms with Gasteiger partial charge in [-0.15, -0.1) is 11.3 Å². The van der Waals surface area contributed by atoms with Crippen LogP contribution in [0.25, 0.3) is 0 Å². The van der Waals surface area contributed by atoms with Gasteiger partial charge in [-0.05, 0) is 47.5 Å². The summed E-state index contributed by atoms with van der Waals surface area (Å²) in [6.07, 6.45) is 1.98. The number of aliphatic hydroxyl groups excluding tert-OH is 1. The van der Waals surface area contributed by atoms with Crippen LogP contribution in [0.5, 0.6) is 5.75 Å². The van der Waals surface area contributed by atoms with E-state index in [0.717, 1.165) is 41.0 Å². The van der Waals surface area contributed by atoms with Crippen molar-refractivity contribution in [3.63, 3.8) is 0 Å². The van der Waals surface area contributed by atoms with Gasteiger partial charge in [0.25, 0.3) is 0 Å². The Morgan fingerprint density at radius 3 is 3.00 bits per heavy atom. The molecule has 1 unspecified atom stereocenters. The molecule has 0 bridgehead atoms. The molecule has 23 heavy (non-hydrogen) atoms. The summed E-state index contributed by atoms with van der Waals surface area (Å²) in [7, 11) is 0. The highest BCUT2D eigenvalue weighted by Crippen LogP contribution is 2.50. The maximum Gasteiger partial charge on any atom is 0.231 e. The molecule has 1 aromatic heterocycles. The van der Waals surface area contributed by atoms with Gasteiger partial charge in [-0.2, -0.15) is 0 Å². The lowest BCUT2D eigenvalue weighted by atomic mass is 10.0. The smallest absolute Gasteiger partial charge is 0.231 e. The number of fused-ring (bicyclic) bond motifs is 1. The summed E-state index contributed by atoms with van der Waals surface area (Å²) < 4.78 is 5.48. The van der Waals surface area contributed by atoms with E-state index in [0.29, 0.717) is 6.61 Å². The molecular weight excluding hydrogens is 310 g/mol. The Balaban J connectivity index is 1.40. The molecule has 1 atom stereocenters. The van der Waals surface area contributed by atoms with Crippen molar-refractivity contribution < 1.29 is 14.6 Å². The van der Waals surface area contributed by atoms with Gasteiger partial charge in [-0.25, -0.2) is 0 Å². The molecule has 5 heteroatoms. The number of aliphatic hydroxyl groups is 1. The molecule has 1 aliphatic carbocycles. The SMILES string of the molecule is O=C(NCC(O)c1ccc2c(c1)CCO2)C1(c2cccs2)CC1. The van der Waals surface area contributed by atoms with Crippen LogP contribution < -0.4 is 10.1 Å². The average molecular weight is 329 g/mol. The molecule has 2 N–H and O–H groups in total. The second-order valence-electron chi connectivity index (χ2n) is 6.25. The third-order valence-corrected chi connectivity index (χ3v) is 5.81. The lowest BCUT2D eigenvalue weighted by molar-refractivity contribution is -0.124. The molecular formula is C18H19NO3S. The van der Waals surface area contributed by atoms with E-state index in [1.807, 2.05) is 35.7 Å². The van der Waals surface area contributed by atoms with Crippen LogP contribution in [0.2, 0.25) is 0 Å². The van der Waals surface area contributed by atoms with Crippen LogP contribution in [-0.2, 0) is 16.6 Å². The van der Waals surface area contributed by atoms with Crippen LogP contribution in [-0.4, -0.2) is 24.2 Å². The van der Waals surface area contributed by atoms with Crippen LogP contribution in [0.1, 0.15) is 34.9 Å². The third-order valence-electron chi connectivity index (χ3n) is 4.73. The maximum absolute atomic E-state index is 12.5. The van der Waals surface area contributed by atoms with Crippen molar-refractivity contribution in [2.75, 3.05) is 13.2 Å². The fourth-order valence-electron chi connectivity index (χ4n) is 3.15. The normalized spacial score (nSPS) is 18.8. The van der Waals surface area contributed by atoms with E-state index in [1.165, 1.54) is 0 Å². The average Bonchev–Trinajstić information content (AvgIpc) is 3.01. The fourth-order valence-corrected chi connectivity index (χ4v) is 4.13. The highest BCUT2D eigenvalue weighted by atomic mass is 32.1. The maximum atomic E-state index is 12.5. The summed E-state index contributed by atoms with van der Waals surface area (Å²) in [4.78, 5) is 13.6. The molecule has 0 radical (unpaired) electrons. The van der Waals surface area contributed by atoms with Crippen molar-refractivity contribution >= 4 is 17.2 Å². The molecule has 120 valence electrons. The number of amides is 1. The van der Waals surface area contributed by atoms with Crippen molar-refractivity contribution in [1.29, 1.82) is 0 Å². The Hall–Kier alpha value is -1.85. The molecule has 4 nitrogen and oxygen atoms in total. The van der Waals surface area contributed by atoms with E-state index in [4.69, 9.17) is 4.74 Å². The monoisotopic (exact) mass is 329 g/mol. The summed E-state index contributed by atoms with van der Waals surface area (Å²) in [5.41, 5.74) is 1.61. The van der Waals surface area contributed by atoms with Crippen LogP contribution in [0, 0.1) is 0 Å². The highest BCUT2D eigenvalue weighted by molar-refractivity contribution is 7.10. The Kier molecular flexibility index (Phi) is 3.62. The Morgan fingerprint density at radius 2 is 2.26 bits per heavy atom. The minimum absolute atomic E-state index is 0.0310. The van der Waals surface area contributed by atoms with Gasteiger partial charge in [0.1, 0.15) is 5.75 Å². The van der Waals surface area contributed by atoms with Crippen molar-refractivity contribution in [2.45, 2.75) is 30.8 Å². The van der Waals surface area contributed by atoms with E-state index in [-0.39, 0.29) is 17.9 Å². The van der Waals surface area contributed by atoms with Gasteiger partial charge >= 0.3 is 0 Å². The van der Waals surface area contributed by atoms with Crippen molar-refractivity contribution in [3.05, 3.63) is 51.7 Å². The second kappa shape index (κ2) is 5.65. The van der Waals surface area contributed by atoms with Gasteiger partial charge < -0.3 is 15.2 Å². The van der Waals surface area contributed by atoms with Crippen LogP contribution in [0.15, 0.2) is 35.7 Å². The molecule has 4 rings (SSSR count). The Bertz CT molecular complexity index is 722. The second-order valence-corrected chi connectivity index (χ2v) is 7.20. The predicted octanol–water partition coefficient (Wildman–Crippen LogP) is 2.56. The number of carbonyl (C=O) groups excluding carboxylic acids is 1. The summed E-state index contributed by atoms with van der Waals surface area (Å²) in [5.74, 6) is 0.933. The molecule has 0 saturated heterocycles. The number of carbonyl (C=O) groups is 1. The van der Waals surface area contributed by atoms with E-state index >= 15 is 0 Å². The zero-order valence-electron chi connectivity index (χ0n) is 12.7. The summed E-state index contributed by atoms with van der Waals surface area (Å²) in [5, 5.41) is 15.3. The Morgan fingerprint density at radius 1 is 1.39 bits per heavy atom. The fraction of sp³-hybridized carbons (Fsp3) is 0.389. The topological polar surface area (TPSA) is 58.6 Å². The molecule has 1 fully saturated rings. The quantitative estimate of drug-likeness (QED) is 0.886. The van der Waals surface area contributed by atoms with E-state index in [1.54, 1.807) is 11.3 Å². The van der Waals surface area contributed by atoms with Gasteiger partial charge in [-0.1, -0.05) is 12.1 Å². The first kappa shape index (κ1) is 14.7. The molecule has 1 saturated carbocycles. The lowest BCUT2D eigenvalue weighted by Gasteiger charge is -2.17. The van der Waals surface area contributed by atoms with Crippen LogP contribution >= 0.6 is 11.3 Å². The largest absolute Gasteiger partial charge is 0.493 e. The van der Waals surface area contributed by atoms with Gasteiger partial charge in [0.05, 0.1) is 18.1 Å². The van der Waals surface area contributed by atoms with Crippen molar-refractivity contribution in [1.82, 2.24) is 5.32 Å². The molecule has 1 amide bonds. The van der Waals surface area contributed by atoms with Crippen molar-refractivity contribution in [2.24, 2.45) is 0 Å². The number of thiophene rings is 1. The third kappa shape index (κ3) is 2.64. The van der Waals surface area contributed by atoms with E-state index in [9.17, 15) is 9.90 Å². The summed E-state index contributed by atoms with van der Waals surface area (Å²) in [6.45, 7) is 0.945. The number of rotatable bonds is 5. The molecule has 1 aromatic carbocycles. The molecule has 0 spiro atoms. The van der Waals surface area contributed by atoms with Gasteiger partial charge in [-0.3, -0.25) is 4.79 Å². The summed E-state index contributed by atoms with van der Waals surface area (Å²) in [6, 6.07) is 9.75. The van der Waals surface area contributed by atoms with Crippen LogP contribution in [0.3, 0.4) is 0 Å². The molecule has 2 aliphatic rings. The van der Waals surface area contributed by atoms with Gasteiger partial charge in [0, 0.05) is 17.8 Å². The molecule has 2 heterocycles. The van der Waals surface area contributed by atoms with E-state index in [2.05, 4.69) is 5.32 Å². The van der Waals surface area contributed by atoms with Crippen molar-refractivity contribution in [3.8, 4) is 5.75 Å². The zero-order chi connectivity index (χ0) is 15.9. The predicted molar refractivity (Wildman–Crippen MR) is 88.8 cm³/mol. The molecule has 2 aromatic rings. The number of hydrogen-bond donors (Lipinski definition) is 2. The number of nitrogens with one attached hydrogen (secondary N) is 1. The zero-order valence-corrected chi connectivity index (χ0v) is 13.6. The number of ether oxygens (including phenoxy) is 1. The first-order chi connectivity index (χ1) is 11.2. The summed E-state index contributed by atoms with van der Waals surface area (Å²) >= 11 is 1.63. The first-order valence-corrected chi connectivity index (χ1v) is 8.83. The highest BCUT2D eigenvalue weighted by Gasteiger charge is 2.52. The van der Waals surface area contributed by atoms with Gasteiger partial charge in [0.15, 0.2) is 0 Å². The minimum atomic E-state index is -0.691. The number of hydrogen-bond acceptors (Lipinski definition) is 4. The Labute approximate surface area is 139 Å².